The minimum Gasteiger partial charge on any atom is -0.325 e. The second-order valence-corrected chi connectivity index (χ2v) is 8.87. The van der Waals surface area contributed by atoms with Crippen molar-refractivity contribution < 1.29 is 9.59 Å². The maximum atomic E-state index is 12.9. The summed E-state index contributed by atoms with van der Waals surface area (Å²) in [5.74, 6) is -0.165. The van der Waals surface area contributed by atoms with Crippen LogP contribution in [0.3, 0.4) is 0 Å². The van der Waals surface area contributed by atoms with Gasteiger partial charge in [-0.05, 0) is 49.9 Å². The van der Waals surface area contributed by atoms with Crippen LogP contribution in [0.1, 0.15) is 13.3 Å². The summed E-state index contributed by atoms with van der Waals surface area (Å²) in [7, 11) is 1.78. The number of carbonyl (C=O) groups excluding carboxylic acids is 2. The summed E-state index contributed by atoms with van der Waals surface area (Å²) < 4.78 is 0. The van der Waals surface area contributed by atoms with E-state index in [0.717, 1.165) is 17.0 Å². The number of thioether (sulfide) groups is 1. The number of fused-ring (bicyclic) bond motifs is 1. The zero-order chi connectivity index (χ0) is 20.1. The molecule has 1 atom stereocenters. The molecule has 0 aromatic heterocycles. The quantitative estimate of drug-likeness (QED) is 0.794. The first-order valence-corrected chi connectivity index (χ1v) is 10.5. The third-order valence-corrected chi connectivity index (χ3v) is 5.98. The summed E-state index contributed by atoms with van der Waals surface area (Å²) in [6.45, 7) is 3.19. The van der Waals surface area contributed by atoms with Crippen molar-refractivity contribution in [2.45, 2.75) is 23.5 Å². The van der Waals surface area contributed by atoms with Crippen LogP contribution in [0.5, 0.6) is 0 Å². The topological polar surface area (TPSA) is 52.7 Å². The van der Waals surface area contributed by atoms with E-state index in [1.165, 1.54) is 0 Å². The van der Waals surface area contributed by atoms with Crippen molar-refractivity contribution in [3.63, 3.8) is 0 Å². The molecule has 0 saturated carbocycles. The Hall–Kier alpha value is -2.02. The van der Waals surface area contributed by atoms with Gasteiger partial charge in [0.25, 0.3) is 0 Å². The van der Waals surface area contributed by atoms with E-state index in [0.29, 0.717) is 22.5 Å². The number of likely N-dealkylation sites (N-methyl/N-ethyl adjacent to an activating group) is 1. The number of nitrogens with one attached hydrogen (secondary N) is 1. The van der Waals surface area contributed by atoms with Gasteiger partial charge in [0.2, 0.25) is 11.8 Å². The number of amides is 2. The SMILES string of the molecule is C[C@@H]1CCN(C(=O)CN(C)CC(=O)Nc2ccc(Cl)cc2)c2ccccc2S1. The lowest BCUT2D eigenvalue weighted by molar-refractivity contribution is -0.121. The van der Waals surface area contributed by atoms with Gasteiger partial charge in [0, 0.05) is 27.4 Å². The zero-order valence-electron chi connectivity index (χ0n) is 16.0. The Labute approximate surface area is 175 Å². The Morgan fingerprint density at radius 3 is 2.64 bits per heavy atom. The van der Waals surface area contributed by atoms with Gasteiger partial charge >= 0.3 is 0 Å². The lowest BCUT2D eigenvalue weighted by Crippen LogP contribution is -2.42. The van der Waals surface area contributed by atoms with Crippen LogP contribution in [0.2, 0.25) is 5.02 Å². The molecule has 2 amide bonds. The van der Waals surface area contributed by atoms with Crippen LogP contribution < -0.4 is 10.2 Å². The first-order valence-electron chi connectivity index (χ1n) is 9.22. The van der Waals surface area contributed by atoms with E-state index in [4.69, 9.17) is 11.6 Å². The molecule has 0 aliphatic carbocycles. The summed E-state index contributed by atoms with van der Waals surface area (Å²) in [5.41, 5.74) is 1.64. The predicted molar refractivity (Wildman–Crippen MR) is 116 cm³/mol. The second-order valence-electron chi connectivity index (χ2n) is 6.96. The van der Waals surface area contributed by atoms with Crippen LogP contribution in [0.25, 0.3) is 0 Å². The van der Waals surface area contributed by atoms with Gasteiger partial charge in [0.1, 0.15) is 0 Å². The van der Waals surface area contributed by atoms with Gasteiger partial charge in [-0.1, -0.05) is 30.7 Å². The van der Waals surface area contributed by atoms with Gasteiger partial charge in [-0.15, -0.1) is 11.8 Å². The van der Waals surface area contributed by atoms with Crippen molar-refractivity contribution in [1.29, 1.82) is 0 Å². The van der Waals surface area contributed by atoms with E-state index < -0.39 is 0 Å². The number of hydrogen-bond acceptors (Lipinski definition) is 4. The smallest absolute Gasteiger partial charge is 0.241 e. The summed E-state index contributed by atoms with van der Waals surface area (Å²) >= 11 is 7.66. The fraction of sp³-hybridized carbons (Fsp3) is 0.333. The third kappa shape index (κ3) is 5.50. The van der Waals surface area contributed by atoms with Crippen molar-refractivity contribution in [2.24, 2.45) is 0 Å². The Morgan fingerprint density at radius 1 is 1.18 bits per heavy atom. The van der Waals surface area contributed by atoms with Crippen molar-refractivity contribution in [1.82, 2.24) is 4.90 Å². The van der Waals surface area contributed by atoms with Crippen molar-refractivity contribution >= 4 is 46.6 Å². The van der Waals surface area contributed by atoms with E-state index in [2.05, 4.69) is 18.3 Å². The molecule has 148 valence electrons. The Kier molecular flexibility index (Phi) is 6.99. The van der Waals surface area contributed by atoms with Gasteiger partial charge in [0.05, 0.1) is 18.8 Å². The number of rotatable bonds is 5. The minimum atomic E-state index is -0.168. The first kappa shape index (κ1) is 20.7. The number of para-hydroxylation sites is 1. The summed E-state index contributed by atoms with van der Waals surface area (Å²) in [6.07, 6.45) is 0.936. The average Bonchev–Trinajstić information content (AvgIpc) is 2.81. The summed E-state index contributed by atoms with van der Waals surface area (Å²) in [5, 5.41) is 3.89. The number of halogens is 1. The molecule has 28 heavy (non-hydrogen) atoms. The molecule has 2 aromatic rings. The fourth-order valence-electron chi connectivity index (χ4n) is 3.10. The molecule has 5 nitrogen and oxygen atoms in total. The molecule has 2 aromatic carbocycles. The summed E-state index contributed by atoms with van der Waals surface area (Å²) in [6, 6.07) is 15.0. The Morgan fingerprint density at radius 2 is 1.89 bits per heavy atom. The van der Waals surface area contributed by atoms with Gasteiger partial charge < -0.3 is 10.2 Å². The molecular weight excluding hydrogens is 394 g/mol. The number of anilines is 2. The predicted octanol–water partition coefficient (Wildman–Crippen LogP) is 4.13. The molecule has 0 bridgehead atoms. The van der Waals surface area contributed by atoms with Gasteiger partial charge in [-0.3, -0.25) is 14.5 Å². The summed E-state index contributed by atoms with van der Waals surface area (Å²) in [4.78, 5) is 29.9. The van der Waals surface area contributed by atoms with Crippen LogP contribution in [0, 0.1) is 0 Å². The molecule has 1 heterocycles. The fourth-order valence-corrected chi connectivity index (χ4v) is 4.34. The molecule has 0 spiro atoms. The van der Waals surface area contributed by atoms with Crippen LogP contribution >= 0.6 is 23.4 Å². The van der Waals surface area contributed by atoms with Gasteiger partial charge in [-0.2, -0.15) is 0 Å². The number of nitrogens with zero attached hydrogens (tertiary/aromatic N) is 2. The van der Waals surface area contributed by atoms with Crippen molar-refractivity contribution in [3.05, 3.63) is 53.6 Å². The highest BCUT2D eigenvalue weighted by Gasteiger charge is 2.25. The van der Waals surface area contributed by atoms with E-state index >= 15 is 0 Å². The number of benzene rings is 2. The molecular formula is C21H24ClN3O2S. The highest BCUT2D eigenvalue weighted by Crippen LogP contribution is 2.37. The van der Waals surface area contributed by atoms with Crippen molar-refractivity contribution in [2.75, 3.05) is 36.9 Å². The standard InChI is InChI=1S/C21H24ClN3O2S/c1-15-11-12-25(18-5-3-4-6-19(18)28-15)21(27)14-24(2)13-20(26)23-17-9-7-16(22)8-10-17/h3-10,15H,11-14H2,1-2H3,(H,23,26)/t15-/m1/s1. The molecule has 1 aliphatic heterocycles. The highest BCUT2D eigenvalue weighted by molar-refractivity contribution is 8.00. The lowest BCUT2D eigenvalue weighted by atomic mass is 10.2. The van der Waals surface area contributed by atoms with Crippen LogP contribution in [-0.4, -0.2) is 48.6 Å². The molecule has 0 saturated heterocycles. The molecule has 1 N–H and O–H groups in total. The molecule has 1 aliphatic rings. The van der Waals surface area contributed by atoms with E-state index in [-0.39, 0.29) is 24.9 Å². The normalized spacial score (nSPS) is 16.4. The van der Waals surface area contributed by atoms with Crippen molar-refractivity contribution in [3.8, 4) is 0 Å². The minimum absolute atomic E-state index is 0.00365. The largest absolute Gasteiger partial charge is 0.325 e. The van der Waals surface area contributed by atoms with Crippen LogP contribution in [0.15, 0.2) is 53.4 Å². The Bertz CT molecular complexity index is 844. The molecule has 0 radical (unpaired) electrons. The molecule has 0 unspecified atom stereocenters. The maximum Gasteiger partial charge on any atom is 0.241 e. The van der Waals surface area contributed by atoms with E-state index in [1.54, 1.807) is 48.0 Å². The maximum absolute atomic E-state index is 12.9. The van der Waals surface area contributed by atoms with Gasteiger partial charge in [-0.25, -0.2) is 0 Å². The first-order chi connectivity index (χ1) is 13.4. The molecule has 0 fully saturated rings. The lowest BCUT2D eigenvalue weighted by Gasteiger charge is -2.25. The molecule has 3 rings (SSSR count). The Balaban J connectivity index is 1.59. The average molecular weight is 418 g/mol. The highest BCUT2D eigenvalue weighted by atomic mass is 35.5. The zero-order valence-corrected chi connectivity index (χ0v) is 17.6. The number of carbonyl (C=O) groups is 2. The van der Waals surface area contributed by atoms with Crippen LogP contribution in [-0.2, 0) is 9.59 Å². The van der Waals surface area contributed by atoms with Crippen LogP contribution in [0.4, 0.5) is 11.4 Å². The molecule has 7 heteroatoms. The monoisotopic (exact) mass is 417 g/mol. The second kappa shape index (κ2) is 9.45. The van der Waals surface area contributed by atoms with E-state index in [1.807, 2.05) is 23.1 Å². The number of hydrogen-bond donors (Lipinski definition) is 1. The van der Waals surface area contributed by atoms with Gasteiger partial charge in [0.15, 0.2) is 0 Å². The third-order valence-electron chi connectivity index (χ3n) is 4.49. The van der Waals surface area contributed by atoms with E-state index in [9.17, 15) is 9.59 Å².